The zero-order valence-electron chi connectivity index (χ0n) is 12.5. The number of aliphatic hydroxyl groups is 1. The first kappa shape index (κ1) is 15.0. The summed E-state index contributed by atoms with van der Waals surface area (Å²) in [5.41, 5.74) is 0.463. The number of hydrogen-bond donors (Lipinski definition) is 2. The highest BCUT2D eigenvalue weighted by Gasteiger charge is 2.27. The third kappa shape index (κ3) is 4.06. The summed E-state index contributed by atoms with van der Waals surface area (Å²) in [6.45, 7) is 5.70. The number of likely N-dealkylation sites (tertiary alicyclic amines) is 1. The van der Waals surface area contributed by atoms with Crippen molar-refractivity contribution < 1.29 is 10.0 Å². The van der Waals surface area contributed by atoms with Gasteiger partial charge in [-0.2, -0.15) is 0 Å². The third-order valence-electron chi connectivity index (χ3n) is 4.18. The Hall–Kier alpha value is -1.37. The van der Waals surface area contributed by atoms with Gasteiger partial charge in [-0.05, 0) is 38.2 Å². The Kier molecular flexibility index (Phi) is 5.17. The lowest BCUT2D eigenvalue weighted by molar-refractivity contribution is -0.930. The normalized spacial score (nSPS) is 25.4. The second-order valence-corrected chi connectivity index (χ2v) is 5.85. The monoisotopic (exact) mass is 273 g/mol. The Labute approximate surface area is 122 Å². The molecule has 1 fully saturated rings. The highest BCUT2D eigenvalue weighted by Crippen LogP contribution is 2.18. The predicted octanol–water partition coefficient (Wildman–Crippen LogP) is 1.36. The summed E-state index contributed by atoms with van der Waals surface area (Å²) in [6.07, 6.45) is 8.21. The van der Waals surface area contributed by atoms with Crippen LogP contribution in [0.2, 0.25) is 0 Å². The van der Waals surface area contributed by atoms with E-state index in [1.54, 1.807) is 6.92 Å². The van der Waals surface area contributed by atoms with Crippen molar-refractivity contribution >= 4 is 0 Å². The van der Waals surface area contributed by atoms with Gasteiger partial charge in [0.05, 0.1) is 6.54 Å². The first-order valence-corrected chi connectivity index (χ1v) is 7.59. The Morgan fingerprint density at radius 1 is 1.50 bits per heavy atom. The molecule has 2 N–H and O–H groups in total. The molecule has 0 spiro atoms. The van der Waals surface area contributed by atoms with E-state index in [1.807, 2.05) is 25.4 Å². The van der Waals surface area contributed by atoms with Gasteiger partial charge in [-0.25, -0.2) is 0 Å². The molecule has 0 bridgehead atoms. The summed E-state index contributed by atoms with van der Waals surface area (Å²) < 4.78 is 0. The first-order chi connectivity index (χ1) is 9.62. The van der Waals surface area contributed by atoms with Crippen molar-refractivity contribution in [3.05, 3.63) is 30.1 Å². The molecule has 1 aromatic heterocycles. The van der Waals surface area contributed by atoms with Crippen LogP contribution in [-0.4, -0.2) is 28.8 Å². The van der Waals surface area contributed by atoms with Crippen LogP contribution in [-0.2, 0) is 0 Å². The van der Waals surface area contributed by atoms with Crippen molar-refractivity contribution in [2.45, 2.75) is 51.2 Å². The van der Waals surface area contributed by atoms with Crippen LogP contribution in [0, 0.1) is 11.8 Å². The average molecular weight is 273 g/mol. The number of quaternary nitrogens is 1. The summed E-state index contributed by atoms with van der Waals surface area (Å²) in [6, 6.07) is 4.67. The molecule has 0 aliphatic carbocycles. The Morgan fingerprint density at radius 3 is 3.05 bits per heavy atom. The highest BCUT2D eigenvalue weighted by atomic mass is 16.3. The Balaban J connectivity index is 2.05. The fourth-order valence-corrected chi connectivity index (χ4v) is 2.71. The SMILES string of the molecule is CC[C@](C)(O)C#CC[NH+]1CCCC[C@@H]1c1cccnc1. The van der Waals surface area contributed by atoms with Crippen LogP contribution in [0.25, 0.3) is 0 Å². The smallest absolute Gasteiger partial charge is 0.139 e. The van der Waals surface area contributed by atoms with E-state index in [4.69, 9.17) is 0 Å². The molecule has 0 radical (unpaired) electrons. The average Bonchev–Trinajstić information content (AvgIpc) is 2.48. The minimum absolute atomic E-state index is 0.498. The van der Waals surface area contributed by atoms with E-state index in [9.17, 15) is 5.11 Å². The van der Waals surface area contributed by atoms with Crippen LogP contribution < -0.4 is 4.90 Å². The molecule has 3 heteroatoms. The van der Waals surface area contributed by atoms with E-state index in [2.05, 4.69) is 22.9 Å². The van der Waals surface area contributed by atoms with Crippen molar-refractivity contribution in [3.63, 3.8) is 0 Å². The van der Waals surface area contributed by atoms with Gasteiger partial charge in [0.1, 0.15) is 18.2 Å². The first-order valence-electron chi connectivity index (χ1n) is 7.59. The minimum atomic E-state index is -0.848. The number of nitrogens with one attached hydrogen (secondary N) is 1. The summed E-state index contributed by atoms with van der Waals surface area (Å²) in [5, 5.41) is 9.94. The van der Waals surface area contributed by atoms with Gasteiger partial charge in [-0.1, -0.05) is 18.9 Å². The Bertz CT molecular complexity index is 473. The maximum Gasteiger partial charge on any atom is 0.139 e. The summed E-state index contributed by atoms with van der Waals surface area (Å²) in [7, 11) is 0. The lowest BCUT2D eigenvalue weighted by Gasteiger charge is -2.31. The zero-order chi connectivity index (χ0) is 14.4. The van der Waals surface area contributed by atoms with Gasteiger partial charge in [-0.15, -0.1) is 0 Å². The van der Waals surface area contributed by atoms with Gasteiger partial charge in [0.25, 0.3) is 0 Å². The summed E-state index contributed by atoms with van der Waals surface area (Å²) in [4.78, 5) is 5.74. The maximum atomic E-state index is 9.94. The minimum Gasteiger partial charge on any atom is -0.378 e. The lowest BCUT2D eigenvalue weighted by Crippen LogP contribution is -3.13. The largest absolute Gasteiger partial charge is 0.378 e. The van der Waals surface area contributed by atoms with Crippen LogP contribution >= 0.6 is 0 Å². The number of aromatic nitrogens is 1. The molecule has 1 saturated heterocycles. The number of nitrogens with zero attached hydrogens (tertiary/aromatic N) is 1. The number of piperidine rings is 1. The third-order valence-corrected chi connectivity index (χ3v) is 4.18. The molecular weight excluding hydrogens is 248 g/mol. The van der Waals surface area contributed by atoms with Crippen molar-refractivity contribution in [2.24, 2.45) is 0 Å². The molecule has 1 aliphatic heterocycles. The lowest BCUT2D eigenvalue weighted by atomic mass is 9.96. The van der Waals surface area contributed by atoms with Crippen molar-refractivity contribution in [3.8, 4) is 11.8 Å². The number of rotatable bonds is 3. The van der Waals surface area contributed by atoms with Crippen molar-refractivity contribution in [1.29, 1.82) is 0 Å². The van der Waals surface area contributed by atoms with Crippen LogP contribution in [0.1, 0.15) is 51.1 Å². The van der Waals surface area contributed by atoms with E-state index < -0.39 is 5.60 Å². The molecule has 20 heavy (non-hydrogen) atoms. The molecule has 1 aliphatic rings. The van der Waals surface area contributed by atoms with Crippen LogP contribution in [0.4, 0.5) is 0 Å². The van der Waals surface area contributed by atoms with E-state index in [0.717, 1.165) is 13.1 Å². The van der Waals surface area contributed by atoms with Crippen LogP contribution in [0.3, 0.4) is 0 Å². The molecule has 0 amide bonds. The zero-order valence-corrected chi connectivity index (χ0v) is 12.5. The van der Waals surface area contributed by atoms with Crippen LogP contribution in [0.5, 0.6) is 0 Å². The fraction of sp³-hybridized carbons (Fsp3) is 0.588. The van der Waals surface area contributed by atoms with Gasteiger partial charge >= 0.3 is 0 Å². The summed E-state index contributed by atoms with van der Waals surface area (Å²) in [5.74, 6) is 6.19. The van der Waals surface area contributed by atoms with Gasteiger partial charge < -0.3 is 10.0 Å². The Morgan fingerprint density at radius 2 is 2.35 bits per heavy atom. The summed E-state index contributed by atoms with van der Waals surface area (Å²) >= 11 is 0. The molecule has 3 atom stereocenters. The molecule has 2 heterocycles. The van der Waals surface area contributed by atoms with E-state index in [-0.39, 0.29) is 0 Å². The number of hydrogen-bond acceptors (Lipinski definition) is 2. The van der Waals surface area contributed by atoms with E-state index in [1.165, 1.54) is 29.7 Å². The molecule has 1 unspecified atom stereocenters. The standard InChI is InChI=1S/C17H24N2O/c1-3-17(2,20)10-7-13-19-12-5-4-9-16(19)15-8-6-11-18-14-15/h6,8,11,14,16,20H,3-5,9,12-13H2,1-2H3/p+1/t16-,17+/m1/s1. The van der Waals surface area contributed by atoms with Gasteiger partial charge in [0.2, 0.25) is 0 Å². The molecule has 2 rings (SSSR count). The molecular formula is C17H25N2O+. The topological polar surface area (TPSA) is 37.6 Å². The molecule has 108 valence electrons. The highest BCUT2D eigenvalue weighted by molar-refractivity contribution is 5.13. The quantitative estimate of drug-likeness (QED) is 0.816. The second-order valence-electron chi connectivity index (χ2n) is 5.85. The molecule has 3 nitrogen and oxygen atoms in total. The van der Waals surface area contributed by atoms with Crippen molar-refractivity contribution in [1.82, 2.24) is 4.98 Å². The van der Waals surface area contributed by atoms with Gasteiger partial charge in [-0.3, -0.25) is 4.98 Å². The molecule has 0 saturated carbocycles. The van der Waals surface area contributed by atoms with E-state index >= 15 is 0 Å². The van der Waals surface area contributed by atoms with Gasteiger partial charge in [0, 0.05) is 24.4 Å². The van der Waals surface area contributed by atoms with Crippen molar-refractivity contribution in [2.75, 3.05) is 13.1 Å². The predicted molar refractivity (Wildman–Crippen MR) is 80.2 cm³/mol. The molecule has 1 aromatic rings. The second kappa shape index (κ2) is 6.88. The fourth-order valence-electron chi connectivity index (χ4n) is 2.71. The molecule has 0 aromatic carbocycles. The van der Waals surface area contributed by atoms with E-state index in [0.29, 0.717) is 12.5 Å². The maximum absolute atomic E-state index is 9.94. The number of pyridine rings is 1. The van der Waals surface area contributed by atoms with Gasteiger partial charge in [0.15, 0.2) is 0 Å². The van der Waals surface area contributed by atoms with Crippen LogP contribution in [0.15, 0.2) is 24.5 Å².